The Balaban J connectivity index is 1.72. The molecule has 0 amide bonds. The number of hydrogen-bond donors (Lipinski definition) is 1. The van der Waals surface area contributed by atoms with Gasteiger partial charge in [0.05, 0.1) is 11.1 Å². The van der Waals surface area contributed by atoms with Crippen molar-refractivity contribution < 1.29 is 13.2 Å². The second kappa shape index (κ2) is 5.48. The van der Waals surface area contributed by atoms with Crippen LogP contribution in [0.15, 0.2) is 30.6 Å². The lowest BCUT2D eigenvalue weighted by molar-refractivity contribution is -0.160. The molecule has 0 spiro atoms. The fourth-order valence-electron chi connectivity index (χ4n) is 2.80. The summed E-state index contributed by atoms with van der Waals surface area (Å²) < 4.78 is 39.9. The van der Waals surface area contributed by atoms with Gasteiger partial charge in [0.25, 0.3) is 0 Å². The van der Waals surface area contributed by atoms with E-state index >= 15 is 0 Å². The molecule has 1 aliphatic rings. The summed E-state index contributed by atoms with van der Waals surface area (Å²) in [5.74, 6) is 0.292. The molecule has 0 bridgehead atoms. The first-order valence-corrected chi connectivity index (χ1v) is 7.71. The van der Waals surface area contributed by atoms with Gasteiger partial charge in [-0.2, -0.15) is 18.4 Å². The maximum absolute atomic E-state index is 13.3. The zero-order valence-electron chi connectivity index (χ0n) is 12.5. The third-order valence-corrected chi connectivity index (χ3v) is 4.63. The highest BCUT2D eigenvalue weighted by Gasteiger charge is 2.64. The molecular formula is C15H10ClF3N6. The largest absolute Gasteiger partial charge is 0.398 e. The number of aromatic nitrogens is 6. The molecule has 2 heterocycles. The first-order valence-electron chi connectivity index (χ1n) is 7.34. The number of nitrogens with one attached hydrogen (secondary N) is 1. The van der Waals surface area contributed by atoms with Crippen LogP contribution in [0.25, 0.3) is 22.8 Å². The molecule has 1 saturated carbocycles. The van der Waals surface area contributed by atoms with Crippen LogP contribution >= 0.6 is 11.6 Å². The third-order valence-electron chi connectivity index (χ3n) is 4.31. The standard InChI is InChI=1S/C15H10ClF3N6/c16-10-5-8(1-2-9(10)14(3-4-14)15(17,18)19)11-6-12(21-7-20-11)13-22-24-25-23-13/h1-2,5-7H,3-4H2,(H,22,23,24,25). The average molecular weight is 367 g/mol. The Hall–Kier alpha value is -2.55. The number of halogens is 4. The maximum Gasteiger partial charge on any atom is 0.398 e. The Bertz CT molecular complexity index is 921. The van der Waals surface area contributed by atoms with Crippen LogP contribution in [0.4, 0.5) is 13.2 Å². The Morgan fingerprint density at radius 3 is 2.44 bits per heavy atom. The first-order chi connectivity index (χ1) is 11.9. The van der Waals surface area contributed by atoms with Crippen molar-refractivity contribution in [2.45, 2.75) is 24.4 Å². The highest BCUT2D eigenvalue weighted by Crippen LogP contribution is 2.60. The van der Waals surface area contributed by atoms with Crippen molar-refractivity contribution in [3.8, 4) is 22.8 Å². The zero-order chi connectivity index (χ0) is 17.7. The Kier molecular flexibility index (Phi) is 3.50. The molecule has 0 saturated heterocycles. The molecule has 0 unspecified atom stereocenters. The lowest BCUT2D eigenvalue weighted by Gasteiger charge is -2.21. The topological polar surface area (TPSA) is 80.2 Å². The van der Waals surface area contributed by atoms with E-state index in [4.69, 9.17) is 11.6 Å². The Labute approximate surface area is 144 Å². The van der Waals surface area contributed by atoms with Crippen molar-refractivity contribution in [1.29, 1.82) is 0 Å². The molecular weight excluding hydrogens is 357 g/mol. The van der Waals surface area contributed by atoms with E-state index in [1.165, 1.54) is 18.5 Å². The van der Waals surface area contributed by atoms with E-state index in [1.807, 2.05) is 0 Å². The van der Waals surface area contributed by atoms with E-state index in [0.717, 1.165) is 0 Å². The van der Waals surface area contributed by atoms with Crippen LogP contribution in [0.1, 0.15) is 18.4 Å². The summed E-state index contributed by atoms with van der Waals surface area (Å²) in [5.41, 5.74) is -0.186. The van der Waals surface area contributed by atoms with Gasteiger partial charge < -0.3 is 0 Å². The fourth-order valence-corrected chi connectivity index (χ4v) is 3.16. The zero-order valence-corrected chi connectivity index (χ0v) is 13.3. The molecule has 0 aliphatic heterocycles. The maximum atomic E-state index is 13.3. The van der Waals surface area contributed by atoms with Crippen LogP contribution in [0, 0.1) is 0 Å². The molecule has 1 fully saturated rings. The monoisotopic (exact) mass is 366 g/mol. The van der Waals surface area contributed by atoms with E-state index in [2.05, 4.69) is 30.6 Å². The van der Waals surface area contributed by atoms with E-state index < -0.39 is 11.6 Å². The molecule has 10 heteroatoms. The van der Waals surface area contributed by atoms with E-state index in [0.29, 0.717) is 22.8 Å². The van der Waals surface area contributed by atoms with Crippen molar-refractivity contribution in [3.63, 3.8) is 0 Å². The highest BCUT2D eigenvalue weighted by atomic mass is 35.5. The minimum absolute atomic E-state index is 0.0606. The van der Waals surface area contributed by atoms with Gasteiger partial charge in [0, 0.05) is 10.6 Å². The summed E-state index contributed by atoms with van der Waals surface area (Å²) >= 11 is 6.17. The van der Waals surface area contributed by atoms with Crippen molar-refractivity contribution in [3.05, 3.63) is 41.2 Å². The van der Waals surface area contributed by atoms with Crippen LogP contribution in [0.2, 0.25) is 5.02 Å². The molecule has 0 atom stereocenters. The quantitative estimate of drug-likeness (QED) is 0.766. The number of nitrogens with zero attached hydrogens (tertiary/aromatic N) is 5. The van der Waals surface area contributed by atoms with Gasteiger partial charge in [-0.15, -0.1) is 10.2 Å². The number of benzene rings is 1. The van der Waals surface area contributed by atoms with Crippen LogP contribution in [0.5, 0.6) is 0 Å². The molecule has 1 aromatic carbocycles. The van der Waals surface area contributed by atoms with Gasteiger partial charge >= 0.3 is 6.18 Å². The highest BCUT2D eigenvalue weighted by molar-refractivity contribution is 6.31. The van der Waals surface area contributed by atoms with Gasteiger partial charge in [0.15, 0.2) is 0 Å². The number of tetrazole rings is 1. The van der Waals surface area contributed by atoms with Gasteiger partial charge in [-0.05, 0) is 35.8 Å². The minimum Gasteiger partial charge on any atom is -0.236 e. The lowest BCUT2D eigenvalue weighted by Crippen LogP contribution is -2.28. The van der Waals surface area contributed by atoms with Gasteiger partial charge in [0.2, 0.25) is 5.82 Å². The summed E-state index contributed by atoms with van der Waals surface area (Å²) in [4.78, 5) is 8.19. The summed E-state index contributed by atoms with van der Waals surface area (Å²) in [7, 11) is 0. The molecule has 6 nitrogen and oxygen atoms in total. The molecule has 0 radical (unpaired) electrons. The summed E-state index contributed by atoms with van der Waals surface area (Å²) in [6, 6.07) is 6.11. The summed E-state index contributed by atoms with van der Waals surface area (Å²) in [6.45, 7) is 0. The van der Waals surface area contributed by atoms with E-state index in [-0.39, 0.29) is 23.4 Å². The molecule has 4 rings (SSSR count). The Morgan fingerprint density at radius 1 is 1.08 bits per heavy atom. The van der Waals surface area contributed by atoms with Crippen molar-refractivity contribution in [1.82, 2.24) is 30.6 Å². The van der Waals surface area contributed by atoms with E-state index in [1.54, 1.807) is 12.1 Å². The second-order valence-electron chi connectivity index (χ2n) is 5.80. The van der Waals surface area contributed by atoms with Crippen LogP contribution in [0.3, 0.4) is 0 Å². The smallest absolute Gasteiger partial charge is 0.236 e. The van der Waals surface area contributed by atoms with Gasteiger partial charge in [-0.25, -0.2) is 9.97 Å². The molecule has 3 aromatic rings. The van der Waals surface area contributed by atoms with Gasteiger partial charge in [0.1, 0.15) is 12.0 Å². The molecule has 25 heavy (non-hydrogen) atoms. The third kappa shape index (κ3) is 2.64. The number of alkyl halides is 3. The van der Waals surface area contributed by atoms with Crippen molar-refractivity contribution in [2.75, 3.05) is 0 Å². The van der Waals surface area contributed by atoms with Crippen LogP contribution in [-0.2, 0) is 5.41 Å². The minimum atomic E-state index is -4.31. The number of rotatable bonds is 3. The number of aromatic amines is 1. The summed E-state index contributed by atoms with van der Waals surface area (Å²) in [6.07, 6.45) is -2.87. The normalized spacial score (nSPS) is 16.0. The lowest BCUT2D eigenvalue weighted by atomic mass is 9.93. The van der Waals surface area contributed by atoms with Gasteiger partial charge in [-0.1, -0.05) is 23.7 Å². The van der Waals surface area contributed by atoms with E-state index in [9.17, 15) is 13.2 Å². The van der Waals surface area contributed by atoms with Crippen LogP contribution < -0.4 is 0 Å². The van der Waals surface area contributed by atoms with Crippen molar-refractivity contribution >= 4 is 11.6 Å². The Morgan fingerprint density at radius 2 is 1.84 bits per heavy atom. The second-order valence-corrected chi connectivity index (χ2v) is 6.21. The predicted molar refractivity (Wildman–Crippen MR) is 82.6 cm³/mol. The predicted octanol–water partition coefficient (Wildman–Crippen LogP) is 3.57. The molecule has 2 aromatic heterocycles. The number of H-pyrrole nitrogens is 1. The first kappa shape index (κ1) is 15.9. The SMILES string of the molecule is FC(F)(F)C1(c2ccc(-c3cc(-c4nn[nH]n4)ncn3)cc2Cl)CC1. The van der Waals surface area contributed by atoms with Crippen LogP contribution in [-0.4, -0.2) is 36.8 Å². The molecule has 1 N–H and O–H groups in total. The fraction of sp³-hybridized carbons (Fsp3) is 0.267. The van der Waals surface area contributed by atoms with Gasteiger partial charge in [-0.3, -0.25) is 0 Å². The average Bonchev–Trinajstić information content (AvgIpc) is 3.22. The summed E-state index contributed by atoms with van der Waals surface area (Å²) in [5, 5.41) is 13.5. The molecule has 128 valence electrons. The van der Waals surface area contributed by atoms with Crippen molar-refractivity contribution in [2.24, 2.45) is 0 Å². The number of hydrogen-bond acceptors (Lipinski definition) is 5. The molecule has 1 aliphatic carbocycles.